The fourth-order valence-corrected chi connectivity index (χ4v) is 3.73. The van der Waals surface area contributed by atoms with Crippen molar-refractivity contribution >= 4 is 11.6 Å². The number of alkyl halides is 3. The molecule has 7 heteroatoms. The lowest BCUT2D eigenvalue weighted by atomic mass is 10.1. The SMILES string of the molecule is O=C(c1cc(N2CCCC2)ccn1)N(Cc1ccccc1C(F)(F)F)C1CC1. The minimum Gasteiger partial charge on any atom is -0.371 e. The van der Waals surface area contributed by atoms with E-state index in [1.165, 1.54) is 12.1 Å². The lowest BCUT2D eigenvalue weighted by Gasteiger charge is -2.25. The van der Waals surface area contributed by atoms with Crippen LogP contribution >= 0.6 is 0 Å². The molecule has 0 N–H and O–H groups in total. The molecular formula is C21H22F3N3O. The van der Waals surface area contributed by atoms with Crippen LogP contribution in [0.2, 0.25) is 0 Å². The fraction of sp³-hybridized carbons (Fsp3) is 0.429. The van der Waals surface area contributed by atoms with Crippen LogP contribution in [0, 0.1) is 0 Å². The normalized spacial score (nSPS) is 17.0. The van der Waals surface area contributed by atoms with E-state index in [2.05, 4.69) is 9.88 Å². The first-order chi connectivity index (χ1) is 13.4. The van der Waals surface area contributed by atoms with Gasteiger partial charge in [-0.15, -0.1) is 0 Å². The molecule has 1 aromatic carbocycles. The molecule has 1 aliphatic heterocycles. The smallest absolute Gasteiger partial charge is 0.371 e. The summed E-state index contributed by atoms with van der Waals surface area (Å²) in [5.74, 6) is -0.305. The first-order valence-corrected chi connectivity index (χ1v) is 9.60. The molecule has 148 valence electrons. The number of carbonyl (C=O) groups is 1. The van der Waals surface area contributed by atoms with E-state index in [1.807, 2.05) is 6.07 Å². The first-order valence-electron chi connectivity index (χ1n) is 9.60. The Morgan fingerprint density at radius 1 is 1.14 bits per heavy atom. The molecule has 2 aliphatic rings. The largest absolute Gasteiger partial charge is 0.416 e. The van der Waals surface area contributed by atoms with E-state index < -0.39 is 11.7 Å². The Labute approximate surface area is 162 Å². The van der Waals surface area contributed by atoms with E-state index >= 15 is 0 Å². The lowest BCUT2D eigenvalue weighted by molar-refractivity contribution is -0.138. The highest BCUT2D eigenvalue weighted by atomic mass is 19.4. The maximum absolute atomic E-state index is 13.3. The van der Waals surface area contributed by atoms with E-state index in [-0.39, 0.29) is 24.1 Å². The predicted octanol–water partition coefficient (Wildman–Crippen LogP) is 4.51. The molecule has 0 unspecified atom stereocenters. The Hall–Kier alpha value is -2.57. The van der Waals surface area contributed by atoms with Crippen LogP contribution in [-0.2, 0) is 12.7 Å². The van der Waals surface area contributed by atoms with Crippen LogP contribution in [0.3, 0.4) is 0 Å². The van der Waals surface area contributed by atoms with E-state index in [1.54, 1.807) is 23.2 Å². The van der Waals surface area contributed by atoms with Gasteiger partial charge in [-0.2, -0.15) is 13.2 Å². The van der Waals surface area contributed by atoms with Gasteiger partial charge in [-0.3, -0.25) is 9.78 Å². The number of amides is 1. The van der Waals surface area contributed by atoms with E-state index in [4.69, 9.17) is 0 Å². The summed E-state index contributed by atoms with van der Waals surface area (Å²) >= 11 is 0. The zero-order chi connectivity index (χ0) is 19.7. The number of rotatable bonds is 5. The molecule has 1 saturated carbocycles. The summed E-state index contributed by atoms with van der Waals surface area (Å²) in [6.45, 7) is 1.83. The molecule has 0 atom stereocenters. The molecule has 2 fully saturated rings. The Kier molecular flexibility index (Phi) is 5.00. The third-order valence-electron chi connectivity index (χ3n) is 5.35. The second-order valence-corrected chi connectivity index (χ2v) is 7.41. The van der Waals surface area contributed by atoms with Crippen LogP contribution in [0.25, 0.3) is 0 Å². The summed E-state index contributed by atoms with van der Waals surface area (Å²) in [6, 6.07) is 9.08. The van der Waals surface area contributed by atoms with Crippen LogP contribution in [0.4, 0.5) is 18.9 Å². The van der Waals surface area contributed by atoms with Gasteiger partial charge in [-0.25, -0.2) is 0 Å². The molecule has 1 aliphatic carbocycles. The van der Waals surface area contributed by atoms with Crippen molar-refractivity contribution in [2.45, 2.75) is 44.4 Å². The molecule has 0 bridgehead atoms. The monoisotopic (exact) mass is 389 g/mol. The molecule has 1 amide bonds. The third kappa shape index (κ3) is 3.98. The van der Waals surface area contributed by atoms with Crippen molar-refractivity contribution in [3.63, 3.8) is 0 Å². The van der Waals surface area contributed by atoms with Crippen LogP contribution < -0.4 is 4.90 Å². The summed E-state index contributed by atoms with van der Waals surface area (Å²) in [5.41, 5.74) is 0.668. The van der Waals surface area contributed by atoms with Crippen molar-refractivity contribution in [3.8, 4) is 0 Å². The maximum Gasteiger partial charge on any atom is 0.416 e. The number of benzene rings is 1. The van der Waals surface area contributed by atoms with Crippen LogP contribution in [0.15, 0.2) is 42.6 Å². The van der Waals surface area contributed by atoms with Crippen molar-refractivity contribution in [1.82, 2.24) is 9.88 Å². The summed E-state index contributed by atoms with van der Waals surface area (Å²) < 4.78 is 40.0. The highest BCUT2D eigenvalue weighted by Crippen LogP contribution is 2.35. The highest BCUT2D eigenvalue weighted by molar-refractivity contribution is 5.93. The summed E-state index contributed by atoms with van der Waals surface area (Å²) in [4.78, 5) is 21.1. The third-order valence-corrected chi connectivity index (χ3v) is 5.35. The minimum atomic E-state index is -4.44. The van der Waals surface area contributed by atoms with Gasteiger partial charge >= 0.3 is 6.18 Å². The molecule has 2 heterocycles. The van der Waals surface area contributed by atoms with Crippen molar-refractivity contribution in [2.24, 2.45) is 0 Å². The molecule has 4 rings (SSSR count). The van der Waals surface area contributed by atoms with E-state index in [0.717, 1.165) is 50.5 Å². The average molecular weight is 389 g/mol. The first kappa shape index (κ1) is 18.8. The topological polar surface area (TPSA) is 36.4 Å². The van der Waals surface area contributed by atoms with Crippen molar-refractivity contribution < 1.29 is 18.0 Å². The molecule has 28 heavy (non-hydrogen) atoms. The van der Waals surface area contributed by atoms with Gasteiger partial charge < -0.3 is 9.80 Å². The number of hydrogen-bond acceptors (Lipinski definition) is 3. The van der Waals surface area contributed by atoms with Gasteiger partial charge in [0, 0.05) is 37.6 Å². The van der Waals surface area contributed by atoms with Crippen molar-refractivity contribution in [1.29, 1.82) is 0 Å². The van der Waals surface area contributed by atoms with Crippen LogP contribution in [0.1, 0.15) is 47.3 Å². The molecule has 1 saturated heterocycles. The summed E-state index contributed by atoms with van der Waals surface area (Å²) in [5, 5.41) is 0. The molecule has 4 nitrogen and oxygen atoms in total. The van der Waals surface area contributed by atoms with Gasteiger partial charge in [-0.1, -0.05) is 18.2 Å². The number of hydrogen-bond donors (Lipinski definition) is 0. The van der Waals surface area contributed by atoms with E-state index in [9.17, 15) is 18.0 Å². The van der Waals surface area contributed by atoms with Crippen LogP contribution in [0.5, 0.6) is 0 Å². The Balaban J connectivity index is 1.59. The van der Waals surface area contributed by atoms with Crippen LogP contribution in [-0.4, -0.2) is 34.9 Å². The quantitative estimate of drug-likeness (QED) is 0.755. The second kappa shape index (κ2) is 7.45. The van der Waals surface area contributed by atoms with E-state index in [0.29, 0.717) is 5.69 Å². The van der Waals surface area contributed by atoms with Gasteiger partial charge in [0.1, 0.15) is 5.69 Å². The van der Waals surface area contributed by atoms with Crippen molar-refractivity contribution in [2.75, 3.05) is 18.0 Å². The second-order valence-electron chi connectivity index (χ2n) is 7.41. The molecule has 2 aromatic rings. The van der Waals surface area contributed by atoms with Gasteiger partial charge in [0.15, 0.2) is 0 Å². The minimum absolute atomic E-state index is 0.0222. The van der Waals surface area contributed by atoms with Crippen molar-refractivity contribution in [3.05, 3.63) is 59.4 Å². The maximum atomic E-state index is 13.3. The molecule has 0 spiro atoms. The number of pyridine rings is 1. The highest BCUT2D eigenvalue weighted by Gasteiger charge is 2.37. The Morgan fingerprint density at radius 2 is 1.86 bits per heavy atom. The Morgan fingerprint density at radius 3 is 2.54 bits per heavy atom. The van der Waals surface area contributed by atoms with Gasteiger partial charge in [-0.05, 0) is 49.4 Å². The zero-order valence-electron chi connectivity index (χ0n) is 15.5. The fourth-order valence-electron chi connectivity index (χ4n) is 3.73. The number of nitrogens with zero attached hydrogens (tertiary/aromatic N) is 3. The van der Waals surface area contributed by atoms with Gasteiger partial charge in [0.25, 0.3) is 5.91 Å². The average Bonchev–Trinajstić information content (AvgIpc) is 3.38. The molecule has 1 aromatic heterocycles. The summed E-state index contributed by atoms with van der Waals surface area (Å²) in [6.07, 6.45) is 1.03. The standard InChI is InChI=1S/C21H22F3N3O/c22-21(23,24)18-6-2-1-5-15(18)14-27(16-7-8-16)20(28)19-13-17(9-10-25-19)26-11-3-4-12-26/h1-2,5-6,9-10,13,16H,3-4,7-8,11-12,14H2. The molecule has 0 radical (unpaired) electrons. The zero-order valence-corrected chi connectivity index (χ0v) is 15.5. The van der Waals surface area contributed by atoms with Gasteiger partial charge in [0.2, 0.25) is 0 Å². The number of anilines is 1. The predicted molar refractivity (Wildman–Crippen MR) is 100 cm³/mol. The number of halogens is 3. The number of carbonyl (C=O) groups excluding carboxylic acids is 1. The van der Waals surface area contributed by atoms with Gasteiger partial charge in [0.05, 0.1) is 5.56 Å². The molecular weight excluding hydrogens is 367 g/mol. The summed E-state index contributed by atoms with van der Waals surface area (Å²) in [7, 11) is 0. The lowest BCUT2D eigenvalue weighted by Crippen LogP contribution is -2.34. The Bertz CT molecular complexity index is 858. The number of aromatic nitrogens is 1.